The highest BCUT2D eigenvalue weighted by Gasteiger charge is 2.52. The summed E-state index contributed by atoms with van der Waals surface area (Å²) in [5.41, 5.74) is 1.51. The van der Waals surface area contributed by atoms with E-state index in [0.29, 0.717) is 23.8 Å². The average Bonchev–Trinajstić information content (AvgIpc) is 3.80. The summed E-state index contributed by atoms with van der Waals surface area (Å²) in [4.78, 5) is 30.1. The molecule has 2 saturated heterocycles. The van der Waals surface area contributed by atoms with E-state index in [4.69, 9.17) is 4.74 Å². The molecule has 0 bridgehead atoms. The normalized spacial score (nSPS) is 24.3. The summed E-state index contributed by atoms with van der Waals surface area (Å²) in [6, 6.07) is 14.3. The zero-order valence-corrected chi connectivity index (χ0v) is 27.9. The summed E-state index contributed by atoms with van der Waals surface area (Å²) < 4.78 is 45.0. The largest absolute Gasteiger partial charge is 0.469 e. The number of likely N-dealkylation sites (tertiary alicyclic amines) is 1. The number of piperidine rings is 1. The van der Waals surface area contributed by atoms with Crippen LogP contribution in [0.25, 0.3) is 0 Å². The van der Waals surface area contributed by atoms with E-state index in [9.17, 15) is 22.4 Å². The van der Waals surface area contributed by atoms with Crippen molar-refractivity contribution in [3.05, 3.63) is 59.9 Å². The molecule has 250 valence electrons. The van der Waals surface area contributed by atoms with Crippen molar-refractivity contribution < 1.29 is 27.1 Å². The van der Waals surface area contributed by atoms with Crippen LogP contribution in [0, 0.1) is 29.5 Å². The molecule has 1 amide bonds. The Morgan fingerprint density at radius 2 is 1.72 bits per heavy atom. The Kier molecular flexibility index (Phi) is 9.76. The molecule has 2 saturated carbocycles. The van der Waals surface area contributed by atoms with Gasteiger partial charge in [0, 0.05) is 56.5 Å². The lowest BCUT2D eigenvalue weighted by atomic mass is 9.57. The van der Waals surface area contributed by atoms with Gasteiger partial charge in [-0.05, 0) is 111 Å². The third-order valence-corrected chi connectivity index (χ3v) is 13.5. The van der Waals surface area contributed by atoms with Crippen LogP contribution in [0.2, 0.25) is 0 Å². The standard InChI is InChI=1S/C36H48FN3O5S/c1-25(41)38-24-36(29-6-4-7-30(37)20-29,34-8-3-5-27(34)19-35(42)45-2)28-15-17-39(18-16-28)21-26-22-40(23-26)31-9-11-32(12-10-31)46(43,44)33-13-14-33/h4,6-7,9-12,20,26-28,33-34H,3,5,8,13-19,21-24H2,1-2H3,(H,38,41)/t27-,34+,36+/m1/s1. The fraction of sp³-hybridized carbons (Fsp3) is 0.611. The van der Waals surface area contributed by atoms with Gasteiger partial charge in [0.15, 0.2) is 9.84 Å². The Morgan fingerprint density at radius 3 is 2.35 bits per heavy atom. The highest BCUT2D eigenvalue weighted by Crippen LogP contribution is 2.53. The Hall–Kier alpha value is -2.98. The molecule has 46 heavy (non-hydrogen) atoms. The van der Waals surface area contributed by atoms with Crippen molar-refractivity contribution >= 4 is 27.4 Å². The molecule has 2 aliphatic carbocycles. The zero-order chi connectivity index (χ0) is 32.5. The first-order valence-corrected chi connectivity index (χ1v) is 18.5. The summed E-state index contributed by atoms with van der Waals surface area (Å²) in [5, 5.41) is 2.94. The molecule has 1 N–H and O–H groups in total. The van der Waals surface area contributed by atoms with Crippen LogP contribution in [0.5, 0.6) is 0 Å². The van der Waals surface area contributed by atoms with Crippen molar-refractivity contribution in [3.8, 4) is 0 Å². The highest BCUT2D eigenvalue weighted by molar-refractivity contribution is 7.92. The van der Waals surface area contributed by atoms with Crippen LogP contribution in [-0.4, -0.2) is 76.8 Å². The third kappa shape index (κ3) is 6.84. The van der Waals surface area contributed by atoms with Crippen molar-refractivity contribution in [1.29, 1.82) is 0 Å². The minimum absolute atomic E-state index is 0.102. The summed E-state index contributed by atoms with van der Waals surface area (Å²) in [6.07, 6.45) is 6.61. The number of nitrogens with zero attached hydrogens (tertiary/aromatic N) is 2. The first-order chi connectivity index (χ1) is 22.1. The van der Waals surface area contributed by atoms with Gasteiger partial charge in [0.2, 0.25) is 5.91 Å². The van der Waals surface area contributed by atoms with Crippen LogP contribution < -0.4 is 10.2 Å². The van der Waals surface area contributed by atoms with Gasteiger partial charge in [0.05, 0.1) is 17.3 Å². The Balaban J connectivity index is 1.13. The maximum absolute atomic E-state index is 14.8. The predicted octanol–water partition coefficient (Wildman–Crippen LogP) is 4.96. The van der Waals surface area contributed by atoms with Gasteiger partial charge in [-0.3, -0.25) is 9.59 Å². The van der Waals surface area contributed by atoms with E-state index in [1.54, 1.807) is 24.3 Å². The van der Waals surface area contributed by atoms with Crippen LogP contribution >= 0.6 is 0 Å². The maximum Gasteiger partial charge on any atom is 0.305 e. The number of carbonyl (C=O) groups excluding carboxylic acids is 2. The number of ether oxygens (including phenoxy) is 1. The lowest BCUT2D eigenvalue weighted by Gasteiger charge is -2.51. The number of hydrogen-bond acceptors (Lipinski definition) is 7. The highest BCUT2D eigenvalue weighted by atomic mass is 32.2. The van der Waals surface area contributed by atoms with E-state index in [0.717, 1.165) is 88.9 Å². The molecule has 2 heterocycles. The minimum atomic E-state index is -3.17. The van der Waals surface area contributed by atoms with Crippen LogP contribution in [0.3, 0.4) is 0 Å². The molecule has 2 aromatic carbocycles. The van der Waals surface area contributed by atoms with Crippen LogP contribution in [-0.2, 0) is 29.6 Å². The van der Waals surface area contributed by atoms with Gasteiger partial charge >= 0.3 is 5.97 Å². The summed E-state index contributed by atoms with van der Waals surface area (Å²) >= 11 is 0. The summed E-state index contributed by atoms with van der Waals surface area (Å²) in [7, 11) is -1.74. The minimum Gasteiger partial charge on any atom is -0.469 e. The van der Waals surface area contributed by atoms with Crippen molar-refractivity contribution in [1.82, 2.24) is 10.2 Å². The SMILES string of the molecule is COC(=O)C[C@H]1CCC[C@@H]1[C@](CNC(C)=O)(c1cccc(F)c1)C1CCN(CC2CN(c3ccc(S(=O)(=O)C4CC4)cc3)C2)CC1. The van der Waals surface area contributed by atoms with Crippen molar-refractivity contribution in [3.63, 3.8) is 0 Å². The van der Waals surface area contributed by atoms with E-state index in [-0.39, 0.29) is 40.7 Å². The second kappa shape index (κ2) is 13.6. The first kappa shape index (κ1) is 32.9. The average molecular weight is 654 g/mol. The molecule has 4 fully saturated rings. The van der Waals surface area contributed by atoms with Gasteiger partial charge in [0.25, 0.3) is 0 Å². The Labute approximate surface area is 273 Å². The molecule has 4 aliphatic rings. The predicted molar refractivity (Wildman–Crippen MR) is 176 cm³/mol. The van der Waals surface area contributed by atoms with Gasteiger partial charge < -0.3 is 19.9 Å². The van der Waals surface area contributed by atoms with Crippen molar-refractivity contribution in [2.45, 2.75) is 73.9 Å². The smallest absolute Gasteiger partial charge is 0.305 e. The first-order valence-electron chi connectivity index (χ1n) is 17.0. The van der Waals surface area contributed by atoms with Gasteiger partial charge in [-0.25, -0.2) is 12.8 Å². The number of anilines is 1. The lowest BCUT2D eigenvalue weighted by molar-refractivity contribution is -0.142. The van der Waals surface area contributed by atoms with Crippen LogP contribution in [0.1, 0.15) is 63.9 Å². The molecule has 0 spiro atoms. The molecule has 2 aromatic rings. The van der Waals surface area contributed by atoms with E-state index >= 15 is 0 Å². The molecule has 6 rings (SSSR count). The van der Waals surface area contributed by atoms with E-state index in [1.807, 2.05) is 18.2 Å². The second-order valence-corrected chi connectivity index (χ2v) is 16.4. The molecule has 0 radical (unpaired) electrons. The van der Waals surface area contributed by atoms with E-state index < -0.39 is 15.3 Å². The van der Waals surface area contributed by atoms with E-state index in [1.165, 1.54) is 20.1 Å². The number of benzene rings is 2. The third-order valence-electron chi connectivity index (χ3n) is 11.3. The molecule has 3 atom stereocenters. The summed E-state index contributed by atoms with van der Waals surface area (Å²) in [6.45, 7) is 6.72. The number of hydrogen-bond donors (Lipinski definition) is 1. The molecular weight excluding hydrogens is 605 g/mol. The van der Waals surface area contributed by atoms with Crippen LogP contribution in [0.15, 0.2) is 53.4 Å². The zero-order valence-electron chi connectivity index (χ0n) is 27.1. The molecule has 0 unspecified atom stereocenters. The number of carbonyl (C=O) groups is 2. The fourth-order valence-electron chi connectivity index (χ4n) is 8.74. The molecule has 2 aliphatic heterocycles. The van der Waals surface area contributed by atoms with Gasteiger partial charge in [-0.1, -0.05) is 18.6 Å². The number of halogens is 1. The molecule has 10 heteroatoms. The van der Waals surface area contributed by atoms with Gasteiger partial charge in [-0.2, -0.15) is 0 Å². The van der Waals surface area contributed by atoms with Gasteiger partial charge in [-0.15, -0.1) is 0 Å². The second-order valence-electron chi connectivity index (χ2n) is 14.1. The monoisotopic (exact) mass is 653 g/mol. The molecule has 8 nitrogen and oxygen atoms in total. The quantitative estimate of drug-likeness (QED) is 0.324. The number of amides is 1. The summed E-state index contributed by atoms with van der Waals surface area (Å²) in [5.74, 6) is 0.414. The number of esters is 1. The molecular formula is C36H48FN3O5S. The maximum atomic E-state index is 14.8. The Bertz CT molecular complexity index is 1500. The number of rotatable bonds is 12. The van der Waals surface area contributed by atoms with Crippen molar-refractivity contribution in [2.24, 2.45) is 23.7 Å². The molecule has 0 aromatic heterocycles. The Morgan fingerprint density at radius 1 is 1.00 bits per heavy atom. The van der Waals surface area contributed by atoms with E-state index in [2.05, 4.69) is 15.1 Å². The topological polar surface area (TPSA) is 96.0 Å². The van der Waals surface area contributed by atoms with Crippen molar-refractivity contribution in [2.75, 3.05) is 51.3 Å². The van der Waals surface area contributed by atoms with Gasteiger partial charge in [0.1, 0.15) is 5.82 Å². The number of methoxy groups -OCH3 is 1. The lowest BCUT2D eigenvalue weighted by Crippen LogP contribution is -2.56. The fourth-order valence-corrected chi connectivity index (χ4v) is 10.4. The number of nitrogens with one attached hydrogen (secondary N) is 1. The number of sulfone groups is 1. The van der Waals surface area contributed by atoms with Crippen LogP contribution in [0.4, 0.5) is 10.1 Å².